The Hall–Kier alpha value is -1.35. The Kier molecular flexibility index (Phi) is 24.8. The van der Waals surface area contributed by atoms with E-state index in [9.17, 15) is 4.79 Å². The van der Waals surface area contributed by atoms with Crippen molar-refractivity contribution in [2.45, 2.75) is 27.2 Å². The second-order valence-corrected chi connectivity index (χ2v) is 2.95. The van der Waals surface area contributed by atoms with Gasteiger partial charge in [-0.05, 0) is 19.4 Å². The number of carbonyl (C=O) groups excluding carboxylic acids is 1. The van der Waals surface area contributed by atoms with Gasteiger partial charge in [0.2, 0.25) is 0 Å². The van der Waals surface area contributed by atoms with Gasteiger partial charge in [0.05, 0.1) is 13.2 Å². The number of hydrogen-bond acceptors (Lipinski definition) is 4. The van der Waals surface area contributed by atoms with Crippen molar-refractivity contribution < 1.29 is 19.7 Å². The van der Waals surface area contributed by atoms with Gasteiger partial charge in [-0.1, -0.05) is 26.2 Å². The van der Waals surface area contributed by atoms with Crippen molar-refractivity contribution in [2.24, 2.45) is 0 Å². The minimum atomic E-state index is -0.176. The number of hydrogen-bond donors (Lipinski definition) is 2. The van der Waals surface area contributed by atoms with Gasteiger partial charge in [-0.2, -0.15) is 0 Å². The van der Waals surface area contributed by atoms with Crippen LogP contribution in [0, 0.1) is 0 Å². The molecule has 0 aromatic heterocycles. The van der Waals surface area contributed by atoms with Gasteiger partial charge in [0.25, 0.3) is 0 Å². The lowest BCUT2D eigenvalue weighted by Crippen LogP contribution is -2.00. The summed E-state index contributed by atoms with van der Waals surface area (Å²) in [6, 6.07) is 0. The fourth-order valence-electron chi connectivity index (χ4n) is 0.254. The standard InChI is InChI=1S/C6H10O2.C5H8.C2H6O2/c1-3-5-8-6(7)4-2;1-4-5(2)3;3-1-2-4/h3H,1,4-5H2,2H3;1H2,2-3H3;3-4H,1-2H2. The Bertz CT molecular complexity index is 222. The van der Waals surface area contributed by atoms with Gasteiger partial charge < -0.3 is 14.9 Å². The second kappa shape index (κ2) is 20.1. The molecule has 4 heteroatoms. The summed E-state index contributed by atoms with van der Waals surface area (Å²) in [7, 11) is 0. The predicted octanol–water partition coefficient (Wildman–Crippen LogP) is 1.83. The molecule has 100 valence electrons. The van der Waals surface area contributed by atoms with Gasteiger partial charge in [-0.15, -0.1) is 5.73 Å². The van der Waals surface area contributed by atoms with E-state index >= 15 is 0 Å². The molecule has 0 aliphatic carbocycles. The number of ether oxygens (including phenoxy) is 1. The molecule has 0 saturated carbocycles. The summed E-state index contributed by atoms with van der Waals surface area (Å²) in [5.74, 6) is -0.176. The molecule has 0 saturated heterocycles. The van der Waals surface area contributed by atoms with Gasteiger partial charge >= 0.3 is 5.97 Å². The van der Waals surface area contributed by atoms with Crippen LogP contribution in [-0.4, -0.2) is 36.0 Å². The van der Waals surface area contributed by atoms with Crippen molar-refractivity contribution in [1.82, 2.24) is 0 Å². The third kappa shape index (κ3) is 40.1. The Balaban J connectivity index is -0.000000188. The Morgan fingerprint density at radius 3 is 1.94 bits per heavy atom. The van der Waals surface area contributed by atoms with Crippen molar-refractivity contribution in [3.63, 3.8) is 0 Å². The molecule has 0 heterocycles. The molecule has 17 heavy (non-hydrogen) atoms. The maximum Gasteiger partial charge on any atom is 0.305 e. The molecule has 0 atom stereocenters. The number of allylic oxidation sites excluding steroid dienone is 1. The van der Waals surface area contributed by atoms with Gasteiger partial charge in [0.15, 0.2) is 0 Å². The zero-order valence-corrected chi connectivity index (χ0v) is 11.0. The molecule has 0 aromatic rings. The average Bonchev–Trinajstić information content (AvgIpc) is 2.36. The molecule has 2 N–H and O–H groups in total. The molecule has 0 unspecified atom stereocenters. The van der Waals surface area contributed by atoms with Crippen molar-refractivity contribution in [3.05, 3.63) is 30.5 Å². The van der Waals surface area contributed by atoms with Gasteiger partial charge in [-0.25, -0.2) is 0 Å². The van der Waals surface area contributed by atoms with E-state index in [2.05, 4.69) is 23.6 Å². The zero-order chi connectivity index (χ0) is 14.1. The number of carbonyl (C=O) groups is 1. The van der Waals surface area contributed by atoms with E-state index in [1.165, 1.54) is 0 Å². The highest BCUT2D eigenvalue weighted by Gasteiger charge is 1.92. The summed E-state index contributed by atoms with van der Waals surface area (Å²) >= 11 is 0. The first-order valence-corrected chi connectivity index (χ1v) is 5.31. The highest BCUT2D eigenvalue weighted by atomic mass is 16.5. The topological polar surface area (TPSA) is 66.8 Å². The van der Waals surface area contributed by atoms with Crippen molar-refractivity contribution in [1.29, 1.82) is 0 Å². The summed E-state index contributed by atoms with van der Waals surface area (Å²) in [6.07, 6.45) is 1.99. The van der Waals surface area contributed by atoms with E-state index in [-0.39, 0.29) is 19.2 Å². The summed E-state index contributed by atoms with van der Waals surface area (Å²) in [5, 5.41) is 15.2. The largest absolute Gasteiger partial charge is 0.461 e. The first-order valence-electron chi connectivity index (χ1n) is 5.31. The molecule has 0 radical (unpaired) electrons. The summed E-state index contributed by atoms with van der Waals surface area (Å²) in [6.45, 7) is 12.5. The number of aliphatic hydroxyl groups excluding tert-OH is 2. The smallest absolute Gasteiger partial charge is 0.305 e. The van der Waals surface area contributed by atoms with E-state index < -0.39 is 0 Å². The molecule has 0 fully saturated rings. The van der Waals surface area contributed by atoms with Crippen LogP contribution in [0.5, 0.6) is 0 Å². The van der Waals surface area contributed by atoms with Crippen LogP contribution in [0.2, 0.25) is 0 Å². The van der Waals surface area contributed by atoms with Crippen molar-refractivity contribution in [3.8, 4) is 0 Å². The lowest BCUT2D eigenvalue weighted by Gasteiger charge is -1.94. The SMILES string of the molecule is C=C=C(C)C.C=CCOC(=O)CC.OCCO. The van der Waals surface area contributed by atoms with E-state index in [0.29, 0.717) is 13.0 Å². The molecule has 0 aliphatic heterocycles. The molecule has 0 aromatic carbocycles. The quantitative estimate of drug-likeness (QED) is 0.450. The molecule has 0 amide bonds. The molecular formula is C13H24O4. The van der Waals surface area contributed by atoms with Crippen molar-refractivity contribution in [2.75, 3.05) is 19.8 Å². The minimum absolute atomic E-state index is 0.125. The van der Waals surface area contributed by atoms with Gasteiger partial charge in [-0.3, -0.25) is 4.79 Å². The number of aliphatic hydroxyl groups is 2. The summed E-state index contributed by atoms with van der Waals surface area (Å²) in [4.78, 5) is 10.3. The highest BCUT2D eigenvalue weighted by molar-refractivity contribution is 5.68. The molecular weight excluding hydrogens is 220 g/mol. The Morgan fingerprint density at radius 1 is 1.35 bits per heavy atom. The van der Waals surface area contributed by atoms with Crippen LogP contribution in [0.3, 0.4) is 0 Å². The lowest BCUT2D eigenvalue weighted by atomic mass is 10.4. The molecule has 4 nitrogen and oxygen atoms in total. The average molecular weight is 244 g/mol. The molecule has 0 aliphatic rings. The third-order valence-corrected chi connectivity index (χ3v) is 1.10. The minimum Gasteiger partial charge on any atom is -0.461 e. The normalized spacial score (nSPS) is 7.35. The Labute approximate surface area is 104 Å². The van der Waals surface area contributed by atoms with E-state index in [0.717, 1.165) is 5.57 Å². The van der Waals surface area contributed by atoms with Crippen LogP contribution in [-0.2, 0) is 9.53 Å². The maximum absolute atomic E-state index is 10.3. The van der Waals surface area contributed by atoms with Crippen LogP contribution in [0.4, 0.5) is 0 Å². The molecule has 0 bridgehead atoms. The first-order chi connectivity index (χ1) is 7.99. The van der Waals surface area contributed by atoms with Crippen molar-refractivity contribution >= 4 is 5.97 Å². The van der Waals surface area contributed by atoms with Crippen LogP contribution in [0.15, 0.2) is 30.5 Å². The fourth-order valence-corrected chi connectivity index (χ4v) is 0.254. The monoisotopic (exact) mass is 244 g/mol. The summed E-state index contributed by atoms with van der Waals surface area (Å²) in [5.41, 5.74) is 3.84. The van der Waals surface area contributed by atoms with E-state index in [1.54, 1.807) is 13.0 Å². The Morgan fingerprint density at radius 2 is 1.76 bits per heavy atom. The number of rotatable bonds is 4. The van der Waals surface area contributed by atoms with Gasteiger partial charge in [0, 0.05) is 6.42 Å². The predicted molar refractivity (Wildman–Crippen MR) is 69.6 cm³/mol. The fraction of sp³-hybridized carbons (Fsp3) is 0.538. The maximum atomic E-state index is 10.3. The van der Waals surface area contributed by atoms with Crippen LogP contribution < -0.4 is 0 Å². The molecule has 0 rings (SSSR count). The zero-order valence-electron chi connectivity index (χ0n) is 11.0. The van der Waals surface area contributed by atoms with E-state index in [4.69, 9.17) is 10.2 Å². The van der Waals surface area contributed by atoms with Crippen LogP contribution in [0.1, 0.15) is 27.2 Å². The second-order valence-electron chi connectivity index (χ2n) is 2.95. The van der Waals surface area contributed by atoms with Crippen LogP contribution >= 0.6 is 0 Å². The van der Waals surface area contributed by atoms with E-state index in [1.807, 2.05) is 13.8 Å². The van der Waals surface area contributed by atoms with Gasteiger partial charge in [0.1, 0.15) is 6.61 Å². The lowest BCUT2D eigenvalue weighted by molar-refractivity contribution is -0.141. The number of esters is 1. The third-order valence-electron chi connectivity index (χ3n) is 1.10. The molecule has 0 spiro atoms. The first kappa shape index (κ1) is 21.0. The highest BCUT2D eigenvalue weighted by Crippen LogP contribution is 1.82. The van der Waals surface area contributed by atoms with Crippen LogP contribution in [0.25, 0.3) is 0 Å². The summed E-state index contributed by atoms with van der Waals surface area (Å²) < 4.78 is 4.58.